The number of carbonyl (C=O) groups is 2. The monoisotopic (exact) mass is 449 g/mol. The number of nitrogens with zero attached hydrogens (tertiary/aromatic N) is 3. The van der Waals surface area contributed by atoms with E-state index in [4.69, 9.17) is 21.1 Å². The van der Waals surface area contributed by atoms with E-state index in [1.54, 1.807) is 24.3 Å². The number of amides is 2. The standard InChI is InChI=1S/C23H32ClN3O4/c24-19-5-7-20(8-6-19)31-17-21(28)25-9-11-26(12-10-25)22(18-3-1-2-4-18)23(29)27-13-15-30-16-14-27/h5-8,18,22H,1-4,9-17H2/t22-/m1/s1. The second-order valence-corrected chi connectivity index (χ2v) is 9.02. The fourth-order valence-corrected chi connectivity index (χ4v) is 5.04. The van der Waals surface area contributed by atoms with Crippen molar-refractivity contribution in [2.75, 3.05) is 59.1 Å². The van der Waals surface area contributed by atoms with Crippen LogP contribution in [0.2, 0.25) is 5.02 Å². The molecule has 8 heteroatoms. The number of piperazine rings is 1. The minimum Gasteiger partial charge on any atom is -0.484 e. The second kappa shape index (κ2) is 10.7. The fourth-order valence-electron chi connectivity index (χ4n) is 4.92. The first-order valence-corrected chi connectivity index (χ1v) is 11.8. The van der Waals surface area contributed by atoms with Crippen LogP contribution in [0.1, 0.15) is 25.7 Å². The maximum Gasteiger partial charge on any atom is 0.260 e. The number of morpholine rings is 1. The van der Waals surface area contributed by atoms with Gasteiger partial charge in [0.15, 0.2) is 6.61 Å². The van der Waals surface area contributed by atoms with Crippen LogP contribution in [0.15, 0.2) is 24.3 Å². The van der Waals surface area contributed by atoms with E-state index < -0.39 is 0 Å². The Kier molecular flexibility index (Phi) is 7.69. The second-order valence-electron chi connectivity index (χ2n) is 8.59. The lowest BCUT2D eigenvalue weighted by atomic mass is 9.94. The zero-order chi connectivity index (χ0) is 21.6. The van der Waals surface area contributed by atoms with Gasteiger partial charge in [-0.1, -0.05) is 24.4 Å². The van der Waals surface area contributed by atoms with E-state index in [1.807, 2.05) is 9.80 Å². The number of halogens is 1. The number of hydrogen-bond acceptors (Lipinski definition) is 5. The van der Waals surface area contributed by atoms with Crippen molar-refractivity contribution in [2.45, 2.75) is 31.7 Å². The van der Waals surface area contributed by atoms with Gasteiger partial charge in [-0.05, 0) is 43.0 Å². The molecule has 0 bridgehead atoms. The van der Waals surface area contributed by atoms with Crippen LogP contribution in [-0.4, -0.2) is 91.6 Å². The lowest BCUT2D eigenvalue weighted by Crippen LogP contribution is -2.59. The zero-order valence-corrected chi connectivity index (χ0v) is 18.8. The topological polar surface area (TPSA) is 62.3 Å². The molecule has 0 radical (unpaired) electrons. The van der Waals surface area contributed by atoms with Crippen LogP contribution >= 0.6 is 11.6 Å². The molecule has 1 saturated carbocycles. The third kappa shape index (κ3) is 5.70. The largest absolute Gasteiger partial charge is 0.484 e. The third-order valence-electron chi connectivity index (χ3n) is 6.66. The Morgan fingerprint density at radius 1 is 0.968 bits per heavy atom. The molecule has 1 aromatic carbocycles. The van der Waals surface area contributed by atoms with Gasteiger partial charge in [-0.2, -0.15) is 0 Å². The van der Waals surface area contributed by atoms with Crippen LogP contribution in [-0.2, 0) is 14.3 Å². The fraction of sp³-hybridized carbons (Fsp3) is 0.652. The highest BCUT2D eigenvalue weighted by Crippen LogP contribution is 2.32. The Hall–Kier alpha value is -1.83. The van der Waals surface area contributed by atoms with E-state index in [-0.39, 0.29) is 24.5 Å². The van der Waals surface area contributed by atoms with Crippen LogP contribution in [0.25, 0.3) is 0 Å². The lowest BCUT2D eigenvalue weighted by Gasteiger charge is -2.43. The van der Waals surface area contributed by atoms with E-state index in [2.05, 4.69) is 4.90 Å². The quantitative estimate of drug-likeness (QED) is 0.666. The Labute approximate surface area is 189 Å². The van der Waals surface area contributed by atoms with Gasteiger partial charge in [0.05, 0.1) is 19.3 Å². The van der Waals surface area contributed by atoms with Gasteiger partial charge in [-0.15, -0.1) is 0 Å². The molecule has 0 aromatic heterocycles. The van der Waals surface area contributed by atoms with E-state index in [0.717, 1.165) is 25.9 Å². The van der Waals surface area contributed by atoms with Crippen molar-refractivity contribution in [3.63, 3.8) is 0 Å². The molecule has 2 aliphatic heterocycles. The molecule has 4 rings (SSSR count). The molecule has 0 spiro atoms. The smallest absolute Gasteiger partial charge is 0.260 e. The Morgan fingerprint density at radius 3 is 2.26 bits per heavy atom. The molecule has 31 heavy (non-hydrogen) atoms. The molecule has 2 saturated heterocycles. The summed E-state index contributed by atoms with van der Waals surface area (Å²) in [5.41, 5.74) is 0. The molecule has 3 aliphatic rings. The molecule has 1 aliphatic carbocycles. The van der Waals surface area contributed by atoms with Crippen molar-refractivity contribution in [2.24, 2.45) is 5.92 Å². The maximum absolute atomic E-state index is 13.4. The summed E-state index contributed by atoms with van der Waals surface area (Å²) in [5, 5.41) is 0.637. The average molecular weight is 450 g/mol. The summed E-state index contributed by atoms with van der Waals surface area (Å²) in [6, 6.07) is 6.94. The summed E-state index contributed by atoms with van der Waals surface area (Å²) in [5.74, 6) is 1.28. The molecular weight excluding hydrogens is 418 g/mol. The summed E-state index contributed by atoms with van der Waals surface area (Å²) in [7, 11) is 0. The van der Waals surface area contributed by atoms with E-state index in [1.165, 1.54) is 12.8 Å². The number of ether oxygens (including phenoxy) is 2. The highest BCUT2D eigenvalue weighted by Gasteiger charge is 2.39. The molecule has 2 heterocycles. The zero-order valence-electron chi connectivity index (χ0n) is 18.0. The van der Waals surface area contributed by atoms with Crippen LogP contribution < -0.4 is 4.74 Å². The molecule has 3 fully saturated rings. The number of hydrogen-bond donors (Lipinski definition) is 0. The van der Waals surface area contributed by atoms with Gasteiger partial charge < -0.3 is 19.3 Å². The lowest BCUT2D eigenvalue weighted by molar-refractivity contribution is -0.145. The van der Waals surface area contributed by atoms with Gasteiger partial charge in [-0.25, -0.2) is 0 Å². The van der Waals surface area contributed by atoms with Crippen LogP contribution in [0, 0.1) is 5.92 Å². The molecule has 7 nitrogen and oxygen atoms in total. The molecule has 0 unspecified atom stereocenters. The average Bonchev–Trinajstić information content (AvgIpc) is 3.34. The summed E-state index contributed by atoms with van der Waals surface area (Å²) in [6.07, 6.45) is 4.65. The minimum atomic E-state index is -0.0665. The van der Waals surface area contributed by atoms with Gasteiger partial charge in [-0.3, -0.25) is 14.5 Å². The number of benzene rings is 1. The van der Waals surface area contributed by atoms with Crippen molar-refractivity contribution < 1.29 is 19.1 Å². The summed E-state index contributed by atoms with van der Waals surface area (Å²) >= 11 is 5.89. The summed E-state index contributed by atoms with van der Waals surface area (Å²) < 4.78 is 11.0. The Morgan fingerprint density at radius 2 is 1.61 bits per heavy atom. The predicted molar refractivity (Wildman–Crippen MR) is 118 cm³/mol. The van der Waals surface area contributed by atoms with E-state index in [9.17, 15) is 9.59 Å². The van der Waals surface area contributed by atoms with Crippen LogP contribution in [0.4, 0.5) is 0 Å². The third-order valence-corrected chi connectivity index (χ3v) is 6.91. The molecule has 1 atom stereocenters. The van der Waals surface area contributed by atoms with Gasteiger partial charge in [0, 0.05) is 44.3 Å². The number of rotatable bonds is 6. The Bertz CT molecular complexity index is 740. The summed E-state index contributed by atoms with van der Waals surface area (Å²) in [6.45, 7) is 5.34. The first-order chi connectivity index (χ1) is 15.1. The van der Waals surface area contributed by atoms with Gasteiger partial charge in [0.25, 0.3) is 5.91 Å². The normalized spacial score (nSPS) is 21.8. The molecule has 1 aromatic rings. The van der Waals surface area contributed by atoms with Crippen molar-refractivity contribution in [1.82, 2.24) is 14.7 Å². The SMILES string of the molecule is O=C(COc1ccc(Cl)cc1)N1CCN([C@@H](C(=O)N2CCOCC2)C2CCCC2)CC1. The van der Waals surface area contributed by atoms with Gasteiger partial charge in [0.1, 0.15) is 5.75 Å². The first kappa shape index (κ1) is 22.4. The van der Waals surface area contributed by atoms with Crippen molar-refractivity contribution in [3.05, 3.63) is 29.3 Å². The van der Waals surface area contributed by atoms with Gasteiger partial charge >= 0.3 is 0 Å². The van der Waals surface area contributed by atoms with Crippen molar-refractivity contribution >= 4 is 23.4 Å². The van der Waals surface area contributed by atoms with E-state index >= 15 is 0 Å². The van der Waals surface area contributed by atoms with Crippen molar-refractivity contribution in [1.29, 1.82) is 0 Å². The maximum atomic E-state index is 13.4. The summed E-state index contributed by atoms with van der Waals surface area (Å²) in [4.78, 5) is 32.2. The highest BCUT2D eigenvalue weighted by atomic mass is 35.5. The van der Waals surface area contributed by atoms with Crippen LogP contribution in [0.5, 0.6) is 5.75 Å². The van der Waals surface area contributed by atoms with E-state index in [0.29, 0.717) is 56.1 Å². The Balaban J connectivity index is 1.31. The molecule has 0 N–H and O–H groups in total. The highest BCUT2D eigenvalue weighted by molar-refractivity contribution is 6.30. The van der Waals surface area contributed by atoms with Crippen LogP contribution in [0.3, 0.4) is 0 Å². The first-order valence-electron chi connectivity index (χ1n) is 11.4. The number of carbonyl (C=O) groups excluding carboxylic acids is 2. The molecular formula is C23H32ClN3O4. The van der Waals surface area contributed by atoms with Crippen molar-refractivity contribution in [3.8, 4) is 5.75 Å². The van der Waals surface area contributed by atoms with Gasteiger partial charge in [0.2, 0.25) is 5.91 Å². The predicted octanol–water partition coefficient (Wildman–Crippen LogP) is 2.28. The molecule has 170 valence electrons. The molecule has 2 amide bonds. The minimum absolute atomic E-state index is 0.0143.